The van der Waals surface area contributed by atoms with Crippen molar-refractivity contribution in [3.05, 3.63) is 12.7 Å². The highest BCUT2D eigenvalue weighted by molar-refractivity contribution is 7.90. The van der Waals surface area contributed by atoms with E-state index in [1.807, 2.05) is 13.8 Å². The van der Waals surface area contributed by atoms with Gasteiger partial charge in [-0.2, -0.15) is 0 Å². The molecule has 0 aromatic rings. The second-order valence-corrected chi connectivity index (χ2v) is 6.32. The Morgan fingerprint density at radius 3 is 2.33 bits per heavy atom. The van der Waals surface area contributed by atoms with Gasteiger partial charge in [0, 0.05) is 12.3 Å². The van der Waals surface area contributed by atoms with Crippen LogP contribution in [0.2, 0.25) is 0 Å². The van der Waals surface area contributed by atoms with Crippen LogP contribution < -0.4 is 5.32 Å². The molecule has 5 heteroatoms. The molecular weight excluding hydrogens is 214 g/mol. The average Bonchev–Trinajstić information content (AvgIpc) is 1.99. The minimum atomic E-state index is -3.07. The van der Waals surface area contributed by atoms with Crippen molar-refractivity contribution >= 4 is 15.7 Å². The predicted octanol–water partition coefficient (Wildman–Crippen LogP) is 0.748. The molecule has 0 unspecified atom stereocenters. The van der Waals surface area contributed by atoms with Gasteiger partial charge in [0.25, 0.3) is 0 Å². The Labute approximate surface area is 91.7 Å². The first-order chi connectivity index (χ1) is 6.74. The summed E-state index contributed by atoms with van der Waals surface area (Å²) in [5.74, 6) is -0.0173. The van der Waals surface area contributed by atoms with Crippen molar-refractivity contribution in [3.63, 3.8) is 0 Å². The molecule has 1 amide bonds. The van der Waals surface area contributed by atoms with E-state index < -0.39 is 9.84 Å². The minimum Gasteiger partial charge on any atom is -0.349 e. The topological polar surface area (TPSA) is 63.2 Å². The van der Waals surface area contributed by atoms with Gasteiger partial charge in [-0.3, -0.25) is 4.79 Å². The fourth-order valence-electron chi connectivity index (χ4n) is 1.36. The zero-order chi connectivity index (χ0) is 12.1. The zero-order valence-electron chi connectivity index (χ0n) is 9.49. The molecule has 0 fully saturated rings. The Balaban J connectivity index is 4.44. The van der Waals surface area contributed by atoms with E-state index in [1.165, 1.54) is 6.26 Å². The van der Waals surface area contributed by atoms with Crippen molar-refractivity contribution in [2.75, 3.05) is 12.0 Å². The maximum absolute atomic E-state index is 11.1. The lowest BCUT2D eigenvalue weighted by molar-refractivity contribution is -0.117. The highest BCUT2D eigenvalue weighted by atomic mass is 32.2. The lowest BCUT2D eigenvalue weighted by Crippen LogP contribution is -2.39. The van der Waals surface area contributed by atoms with Crippen molar-refractivity contribution in [2.24, 2.45) is 5.92 Å². The highest BCUT2D eigenvalue weighted by Crippen LogP contribution is 2.06. The van der Waals surface area contributed by atoms with Gasteiger partial charge in [-0.1, -0.05) is 20.4 Å². The summed E-state index contributed by atoms with van der Waals surface area (Å²) in [6, 6.07) is -0.328. The Morgan fingerprint density at radius 2 is 2.00 bits per heavy atom. The molecule has 88 valence electrons. The van der Waals surface area contributed by atoms with E-state index in [0.717, 1.165) is 6.08 Å². The first kappa shape index (κ1) is 14.2. The summed E-state index contributed by atoms with van der Waals surface area (Å²) in [6.45, 7) is 7.29. The van der Waals surface area contributed by atoms with Gasteiger partial charge >= 0.3 is 0 Å². The van der Waals surface area contributed by atoms with Crippen LogP contribution in [0.1, 0.15) is 20.3 Å². The van der Waals surface area contributed by atoms with Gasteiger partial charge in [-0.05, 0) is 18.4 Å². The van der Waals surface area contributed by atoms with Crippen molar-refractivity contribution < 1.29 is 13.2 Å². The summed E-state index contributed by atoms with van der Waals surface area (Å²) < 4.78 is 22.2. The molecule has 0 aliphatic rings. The van der Waals surface area contributed by atoms with Gasteiger partial charge in [0.1, 0.15) is 9.84 Å². The molecule has 0 aliphatic heterocycles. The molecule has 1 atom stereocenters. The number of hydrogen-bond donors (Lipinski definition) is 1. The van der Waals surface area contributed by atoms with Crippen LogP contribution in [0.15, 0.2) is 12.7 Å². The number of sulfone groups is 1. The number of carbonyl (C=O) groups excluding carboxylic acids is 1. The van der Waals surface area contributed by atoms with Crippen LogP contribution in [-0.4, -0.2) is 32.4 Å². The van der Waals surface area contributed by atoms with Gasteiger partial charge in [-0.25, -0.2) is 8.42 Å². The van der Waals surface area contributed by atoms with Crippen LogP contribution in [0, 0.1) is 5.92 Å². The third-order valence-electron chi connectivity index (χ3n) is 1.79. The molecule has 1 N–H and O–H groups in total. The van der Waals surface area contributed by atoms with Crippen LogP contribution in [0.4, 0.5) is 0 Å². The first-order valence-electron chi connectivity index (χ1n) is 4.85. The molecule has 0 saturated carbocycles. The van der Waals surface area contributed by atoms with E-state index in [-0.39, 0.29) is 17.7 Å². The van der Waals surface area contributed by atoms with Crippen molar-refractivity contribution in [3.8, 4) is 0 Å². The van der Waals surface area contributed by atoms with E-state index in [9.17, 15) is 13.2 Å². The van der Waals surface area contributed by atoms with Crippen LogP contribution in [0.25, 0.3) is 0 Å². The number of hydrogen-bond acceptors (Lipinski definition) is 3. The highest BCUT2D eigenvalue weighted by Gasteiger charge is 2.17. The van der Waals surface area contributed by atoms with E-state index in [4.69, 9.17) is 0 Å². The quantitative estimate of drug-likeness (QED) is 0.688. The summed E-state index contributed by atoms with van der Waals surface area (Å²) in [7, 11) is -3.07. The summed E-state index contributed by atoms with van der Waals surface area (Å²) >= 11 is 0. The fourth-order valence-corrected chi connectivity index (χ4v) is 2.31. The SMILES string of the molecule is C=CC(=O)N[C@H](CC(C)C)CS(C)(=O)=O. The predicted molar refractivity (Wildman–Crippen MR) is 61.3 cm³/mol. The molecule has 0 saturated heterocycles. The lowest BCUT2D eigenvalue weighted by atomic mass is 10.1. The van der Waals surface area contributed by atoms with E-state index >= 15 is 0 Å². The van der Waals surface area contributed by atoms with Crippen molar-refractivity contribution in [1.82, 2.24) is 5.32 Å². The van der Waals surface area contributed by atoms with Gasteiger partial charge in [-0.15, -0.1) is 0 Å². The van der Waals surface area contributed by atoms with E-state index in [1.54, 1.807) is 0 Å². The molecule has 0 aliphatic carbocycles. The molecule has 0 aromatic heterocycles. The van der Waals surface area contributed by atoms with Crippen molar-refractivity contribution in [1.29, 1.82) is 0 Å². The number of nitrogens with one attached hydrogen (secondary N) is 1. The van der Waals surface area contributed by atoms with E-state index in [0.29, 0.717) is 12.3 Å². The normalized spacial score (nSPS) is 13.6. The first-order valence-corrected chi connectivity index (χ1v) is 6.91. The van der Waals surface area contributed by atoms with Crippen molar-refractivity contribution in [2.45, 2.75) is 26.3 Å². The maximum atomic E-state index is 11.1. The molecule has 4 nitrogen and oxygen atoms in total. The summed E-state index contributed by atoms with van der Waals surface area (Å²) in [5, 5.41) is 2.62. The Hall–Kier alpha value is -0.840. The molecule has 0 heterocycles. The summed E-state index contributed by atoms with van der Waals surface area (Å²) in [6.07, 6.45) is 2.96. The third kappa shape index (κ3) is 8.17. The van der Waals surface area contributed by atoms with Crippen LogP contribution in [-0.2, 0) is 14.6 Å². The fraction of sp³-hybridized carbons (Fsp3) is 0.700. The van der Waals surface area contributed by atoms with Gasteiger partial charge in [0.15, 0.2) is 0 Å². The average molecular weight is 233 g/mol. The molecule has 15 heavy (non-hydrogen) atoms. The molecule has 0 radical (unpaired) electrons. The Morgan fingerprint density at radius 1 is 1.47 bits per heavy atom. The van der Waals surface area contributed by atoms with Gasteiger partial charge in [0.2, 0.25) is 5.91 Å². The molecule has 0 spiro atoms. The minimum absolute atomic E-state index is 0.0231. The number of carbonyl (C=O) groups is 1. The largest absolute Gasteiger partial charge is 0.349 e. The van der Waals surface area contributed by atoms with Crippen LogP contribution >= 0.6 is 0 Å². The monoisotopic (exact) mass is 233 g/mol. The molecule has 0 rings (SSSR count). The summed E-state index contributed by atoms with van der Waals surface area (Å²) in [4.78, 5) is 11.1. The molecule has 0 aromatic carbocycles. The molecular formula is C10H19NO3S. The standard InChI is InChI=1S/C10H19NO3S/c1-5-10(12)11-9(6-8(2)3)7-15(4,13)14/h5,8-9H,1,6-7H2,2-4H3,(H,11,12)/t9-/m1/s1. The second-order valence-electron chi connectivity index (χ2n) is 4.13. The van der Waals surface area contributed by atoms with Crippen LogP contribution in [0.5, 0.6) is 0 Å². The molecule has 0 bridgehead atoms. The van der Waals surface area contributed by atoms with Crippen LogP contribution in [0.3, 0.4) is 0 Å². The van der Waals surface area contributed by atoms with Gasteiger partial charge < -0.3 is 5.32 Å². The number of rotatable bonds is 6. The lowest BCUT2D eigenvalue weighted by Gasteiger charge is -2.18. The van der Waals surface area contributed by atoms with E-state index in [2.05, 4.69) is 11.9 Å². The third-order valence-corrected chi connectivity index (χ3v) is 2.80. The number of amides is 1. The second kappa shape index (κ2) is 5.90. The van der Waals surface area contributed by atoms with Gasteiger partial charge in [0.05, 0.1) is 5.75 Å². The smallest absolute Gasteiger partial charge is 0.243 e. The Kier molecular flexibility index (Phi) is 5.57. The zero-order valence-corrected chi connectivity index (χ0v) is 10.3. The Bertz CT molecular complexity index is 320. The maximum Gasteiger partial charge on any atom is 0.243 e. The summed E-state index contributed by atoms with van der Waals surface area (Å²) in [5.41, 5.74) is 0.